The third-order valence-electron chi connectivity index (χ3n) is 4.75. The monoisotopic (exact) mass is 340 g/mol. The van der Waals surface area contributed by atoms with Crippen molar-refractivity contribution in [3.8, 4) is 0 Å². The molecule has 1 aliphatic carbocycles. The maximum absolute atomic E-state index is 12.1. The van der Waals surface area contributed by atoms with Crippen LogP contribution in [0.5, 0.6) is 0 Å². The Balaban J connectivity index is 2.37. The molecule has 0 amide bonds. The number of unbranched alkanes of at least 4 members (excludes halogenated alkanes) is 3. The SMILES string of the molecule is CCCC(O)/C=C/C1C(O)CC(=O)C1CCCCCCC(=O)OC. The number of ether oxygens (including phenoxy) is 1. The van der Waals surface area contributed by atoms with Crippen molar-refractivity contribution in [2.24, 2.45) is 11.8 Å². The Kier molecular flexibility index (Phi) is 9.88. The molecule has 5 nitrogen and oxygen atoms in total. The Hall–Kier alpha value is -1.20. The van der Waals surface area contributed by atoms with Gasteiger partial charge >= 0.3 is 5.97 Å². The number of aliphatic hydroxyl groups is 2. The molecule has 1 fully saturated rings. The van der Waals surface area contributed by atoms with Gasteiger partial charge in [0, 0.05) is 24.7 Å². The molecular formula is C19H32O5. The van der Waals surface area contributed by atoms with Gasteiger partial charge < -0.3 is 14.9 Å². The van der Waals surface area contributed by atoms with Crippen LogP contribution in [-0.4, -0.2) is 41.3 Å². The van der Waals surface area contributed by atoms with E-state index in [0.717, 1.165) is 38.5 Å². The molecule has 4 unspecified atom stereocenters. The van der Waals surface area contributed by atoms with E-state index in [1.807, 2.05) is 13.0 Å². The van der Waals surface area contributed by atoms with Gasteiger partial charge in [-0.2, -0.15) is 0 Å². The molecule has 0 aromatic carbocycles. The van der Waals surface area contributed by atoms with E-state index in [-0.39, 0.29) is 30.0 Å². The molecule has 4 atom stereocenters. The molecule has 0 aromatic heterocycles. The number of carbonyl (C=O) groups excluding carboxylic acids is 2. The van der Waals surface area contributed by atoms with Gasteiger partial charge in [-0.15, -0.1) is 0 Å². The van der Waals surface area contributed by atoms with Gasteiger partial charge in [-0.25, -0.2) is 0 Å². The highest BCUT2D eigenvalue weighted by Crippen LogP contribution is 2.34. The highest BCUT2D eigenvalue weighted by Gasteiger charge is 2.39. The fourth-order valence-electron chi connectivity index (χ4n) is 3.33. The average Bonchev–Trinajstić information content (AvgIpc) is 2.82. The van der Waals surface area contributed by atoms with Crippen LogP contribution >= 0.6 is 0 Å². The number of hydrogen-bond acceptors (Lipinski definition) is 5. The van der Waals surface area contributed by atoms with Crippen LogP contribution in [0.1, 0.15) is 64.7 Å². The lowest BCUT2D eigenvalue weighted by Crippen LogP contribution is -2.19. The van der Waals surface area contributed by atoms with Crippen molar-refractivity contribution in [1.29, 1.82) is 0 Å². The molecule has 0 saturated heterocycles. The van der Waals surface area contributed by atoms with Gasteiger partial charge in [0.15, 0.2) is 0 Å². The van der Waals surface area contributed by atoms with Crippen LogP contribution < -0.4 is 0 Å². The standard InChI is InChI=1S/C19H32O5/c1-3-8-14(20)11-12-16-15(17(21)13-18(16)22)9-6-4-5-7-10-19(23)24-2/h11-12,14-16,18,20,22H,3-10,13H2,1-2H3/b12-11+. The third kappa shape index (κ3) is 7.14. The first-order valence-corrected chi connectivity index (χ1v) is 9.13. The average molecular weight is 340 g/mol. The zero-order valence-electron chi connectivity index (χ0n) is 14.9. The van der Waals surface area contributed by atoms with Crippen molar-refractivity contribution in [2.75, 3.05) is 7.11 Å². The summed E-state index contributed by atoms with van der Waals surface area (Å²) in [5, 5.41) is 19.9. The second kappa shape index (κ2) is 11.4. The molecule has 0 radical (unpaired) electrons. The van der Waals surface area contributed by atoms with Gasteiger partial charge in [-0.3, -0.25) is 9.59 Å². The third-order valence-corrected chi connectivity index (χ3v) is 4.75. The molecule has 0 aliphatic heterocycles. The van der Waals surface area contributed by atoms with E-state index in [1.54, 1.807) is 6.08 Å². The summed E-state index contributed by atoms with van der Waals surface area (Å²) in [6.07, 6.45) is 9.04. The summed E-state index contributed by atoms with van der Waals surface area (Å²) in [5.74, 6) is -0.388. The predicted octanol–water partition coefficient (Wildman–Crippen LogP) is 2.78. The lowest BCUT2D eigenvalue weighted by molar-refractivity contribution is -0.140. The van der Waals surface area contributed by atoms with Gasteiger partial charge in [-0.05, 0) is 19.3 Å². The molecular weight excluding hydrogens is 308 g/mol. The molecule has 2 N–H and O–H groups in total. The topological polar surface area (TPSA) is 83.8 Å². The normalized spacial score (nSPS) is 25.3. The molecule has 1 saturated carbocycles. The van der Waals surface area contributed by atoms with E-state index < -0.39 is 12.2 Å². The second-order valence-electron chi connectivity index (χ2n) is 6.69. The summed E-state index contributed by atoms with van der Waals surface area (Å²) >= 11 is 0. The molecule has 1 rings (SSSR count). The molecule has 0 spiro atoms. The summed E-state index contributed by atoms with van der Waals surface area (Å²) < 4.78 is 4.60. The molecule has 1 aliphatic rings. The lowest BCUT2D eigenvalue weighted by atomic mass is 9.88. The Morgan fingerprint density at radius 1 is 1.33 bits per heavy atom. The summed E-state index contributed by atoms with van der Waals surface area (Å²) in [6.45, 7) is 2.01. The van der Waals surface area contributed by atoms with Gasteiger partial charge in [0.25, 0.3) is 0 Å². The maximum Gasteiger partial charge on any atom is 0.305 e. The van der Waals surface area contributed by atoms with Crippen LogP contribution in [0.3, 0.4) is 0 Å². The van der Waals surface area contributed by atoms with E-state index in [2.05, 4.69) is 4.74 Å². The van der Waals surface area contributed by atoms with Crippen molar-refractivity contribution < 1.29 is 24.5 Å². The second-order valence-corrected chi connectivity index (χ2v) is 6.69. The molecule has 0 heterocycles. The van der Waals surface area contributed by atoms with Crippen molar-refractivity contribution in [3.05, 3.63) is 12.2 Å². The molecule has 5 heteroatoms. The summed E-state index contributed by atoms with van der Waals surface area (Å²) in [7, 11) is 1.39. The first-order valence-electron chi connectivity index (χ1n) is 9.13. The molecule has 24 heavy (non-hydrogen) atoms. The minimum absolute atomic E-state index is 0.122. The Bertz CT molecular complexity index is 418. The summed E-state index contributed by atoms with van der Waals surface area (Å²) in [4.78, 5) is 23.1. The van der Waals surface area contributed by atoms with Crippen LogP contribution in [0.25, 0.3) is 0 Å². The van der Waals surface area contributed by atoms with E-state index in [0.29, 0.717) is 12.8 Å². The van der Waals surface area contributed by atoms with Crippen molar-refractivity contribution in [2.45, 2.75) is 76.9 Å². The van der Waals surface area contributed by atoms with E-state index in [9.17, 15) is 19.8 Å². The number of esters is 1. The van der Waals surface area contributed by atoms with Crippen molar-refractivity contribution in [1.82, 2.24) is 0 Å². The van der Waals surface area contributed by atoms with Crippen molar-refractivity contribution in [3.63, 3.8) is 0 Å². The minimum atomic E-state index is -0.632. The Morgan fingerprint density at radius 3 is 2.71 bits per heavy atom. The smallest absolute Gasteiger partial charge is 0.305 e. The van der Waals surface area contributed by atoms with Crippen LogP contribution in [0.15, 0.2) is 12.2 Å². The van der Waals surface area contributed by atoms with Gasteiger partial charge in [0.2, 0.25) is 0 Å². The zero-order valence-corrected chi connectivity index (χ0v) is 14.9. The minimum Gasteiger partial charge on any atom is -0.469 e. The van der Waals surface area contributed by atoms with Crippen LogP contribution in [0.2, 0.25) is 0 Å². The van der Waals surface area contributed by atoms with Gasteiger partial charge in [-0.1, -0.05) is 44.8 Å². The van der Waals surface area contributed by atoms with Crippen LogP contribution in [0, 0.1) is 11.8 Å². The predicted molar refractivity (Wildman–Crippen MR) is 92.4 cm³/mol. The molecule has 0 aromatic rings. The highest BCUT2D eigenvalue weighted by atomic mass is 16.5. The summed E-state index contributed by atoms with van der Waals surface area (Å²) in [5.41, 5.74) is 0. The number of hydrogen-bond donors (Lipinski definition) is 2. The zero-order chi connectivity index (χ0) is 17.9. The van der Waals surface area contributed by atoms with E-state index in [4.69, 9.17) is 0 Å². The lowest BCUT2D eigenvalue weighted by Gasteiger charge is -2.18. The van der Waals surface area contributed by atoms with E-state index >= 15 is 0 Å². The van der Waals surface area contributed by atoms with Gasteiger partial charge in [0.05, 0.1) is 19.3 Å². The maximum atomic E-state index is 12.1. The fraction of sp³-hybridized carbons (Fsp3) is 0.789. The molecule has 138 valence electrons. The van der Waals surface area contributed by atoms with Crippen LogP contribution in [0.4, 0.5) is 0 Å². The van der Waals surface area contributed by atoms with Gasteiger partial charge in [0.1, 0.15) is 5.78 Å². The van der Waals surface area contributed by atoms with Crippen LogP contribution in [-0.2, 0) is 14.3 Å². The highest BCUT2D eigenvalue weighted by molar-refractivity contribution is 5.84. The molecule has 0 bridgehead atoms. The number of methoxy groups -OCH3 is 1. The fourth-order valence-corrected chi connectivity index (χ4v) is 3.33. The number of ketones is 1. The number of Topliss-reactive ketones (excluding diaryl/α,β-unsaturated/α-hetero) is 1. The van der Waals surface area contributed by atoms with Crippen molar-refractivity contribution >= 4 is 11.8 Å². The summed E-state index contributed by atoms with van der Waals surface area (Å²) in [6, 6.07) is 0. The Morgan fingerprint density at radius 2 is 2.04 bits per heavy atom. The number of aliphatic hydroxyl groups excluding tert-OH is 2. The Labute approximate surface area is 145 Å². The number of carbonyl (C=O) groups is 2. The van der Waals surface area contributed by atoms with E-state index in [1.165, 1.54) is 7.11 Å². The first kappa shape index (κ1) is 20.8. The first-order chi connectivity index (χ1) is 11.5. The largest absolute Gasteiger partial charge is 0.469 e. The quantitative estimate of drug-likeness (QED) is 0.343. The number of rotatable bonds is 11.